The molecule has 3 heterocycles. The number of pyridine rings is 1. The lowest BCUT2D eigenvalue weighted by Gasteiger charge is -2.30. The number of anilines is 1. The van der Waals surface area contributed by atoms with Gasteiger partial charge in [-0.1, -0.05) is 37.6 Å². The first-order valence-electron chi connectivity index (χ1n) is 10.5. The van der Waals surface area contributed by atoms with E-state index in [4.69, 9.17) is 16.3 Å². The van der Waals surface area contributed by atoms with E-state index in [1.54, 1.807) is 24.5 Å². The van der Waals surface area contributed by atoms with Crippen molar-refractivity contribution in [2.75, 3.05) is 11.4 Å². The van der Waals surface area contributed by atoms with Crippen LogP contribution >= 0.6 is 27.5 Å². The first-order valence-corrected chi connectivity index (χ1v) is 11.7. The largest absolute Gasteiger partial charge is 0.488 e. The SMILES string of the molecule is CC1=CC(OCc2ccc(F)cc2)=C(Br)CN1c1cc(-c2ccnc(C(C)C)n2)ncc1Cl. The van der Waals surface area contributed by atoms with Crippen molar-refractivity contribution in [2.45, 2.75) is 33.3 Å². The third kappa shape index (κ3) is 5.42. The first kappa shape index (κ1) is 23.4. The molecule has 0 unspecified atom stereocenters. The van der Waals surface area contributed by atoms with Crippen LogP contribution in [0.5, 0.6) is 0 Å². The van der Waals surface area contributed by atoms with Crippen LogP contribution in [0.4, 0.5) is 10.1 Å². The molecule has 1 aliphatic rings. The summed E-state index contributed by atoms with van der Waals surface area (Å²) in [5.41, 5.74) is 4.17. The Bertz CT molecular complexity index is 1230. The summed E-state index contributed by atoms with van der Waals surface area (Å²) >= 11 is 10.2. The maximum Gasteiger partial charge on any atom is 0.133 e. The standard InChI is InChI=1S/C25H23BrClFN4O/c1-15(2)25-29-9-8-21(31-25)22-11-23(20(27)12-30-22)32-13-19(26)24(10-16(32)3)33-14-17-4-6-18(28)7-5-17/h4-12,15H,13-14H2,1-3H3. The van der Waals surface area contributed by atoms with Crippen LogP contribution in [-0.2, 0) is 11.3 Å². The highest BCUT2D eigenvalue weighted by molar-refractivity contribution is 9.11. The Kier molecular flexibility index (Phi) is 7.10. The molecule has 3 aromatic rings. The second-order valence-electron chi connectivity index (χ2n) is 8.03. The first-order chi connectivity index (χ1) is 15.8. The summed E-state index contributed by atoms with van der Waals surface area (Å²) in [6.07, 6.45) is 5.35. The number of benzene rings is 1. The summed E-state index contributed by atoms with van der Waals surface area (Å²) in [7, 11) is 0. The number of hydrogen-bond donors (Lipinski definition) is 0. The van der Waals surface area contributed by atoms with Gasteiger partial charge in [0.25, 0.3) is 0 Å². The lowest BCUT2D eigenvalue weighted by Crippen LogP contribution is -2.27. The van der Waals surface area contributed by atoms with Crippen molar-refractivity contribution in [3.8, 4) is 11.4 Å². The minimum atomic E-state index is -0.265. The predicted molar refractivity (Wildman–Crippen MR) is 133 cm³/mol. The minimum Gasteiger partial charge on any atom is -0.488 e. The summed E-state index contributed by atoms with van der Waals surface area (Å²) in [6.45, 7) is 7.01. The van der Waals surface area contributed by atoms with Crippen LogP contribution in [0.15, 0.2) is 70.8 Å². The van der Waals surface area contributed by atoms with E-state index in [0.717, 1.165) is 44.4 Å². The van der Waals surface area contributed by atoms with Gasteiger partial charge in [0.05, 0.1) is 33.1 Å². The maximum absolute atomic E-state index is 13.1. The number of nitrogens with zero attached hydrogens (tertiary/aromatic N) is 4. The number of ether oxygens (including phenoxy) is 1. The van der Waals surface area contributed by atoms with Gasteiger partial charge in [0.15, 0.2) is 0 Å². The molecule has 0 saturated heterocycles. The van der Waals surface area contributed by atoms with Crippen molar-refractivity contribution < 1.29 is 9.13 Å². The van der Waals surface area contributed by atoms with Crippen molar-refractivity contribution in [1.29, 1.82) is 0 Å². The number of halogens is 3. The number of aromatic nitrogens is 3. The Labute approximate surface area is 206 Å². The topological polar surface area (TPSA) is 51.1 Å². The second kappa shape index (κ2) is 10.0. The molecule has 0 fully saturated rings. The van der Waals surface area contributed by atoms with Crippen molar-refractivity contribution in [3.05, 3.63) is 93.0 Å². The van der Waals surface area contributed by atoms with Crippen molar-refractivity contribution in [2.24, 2.45) is 0 Å². The van der Waals surface area contributed by atoms with Crippen LogP contribution in [0.1, 0.15) is 38.1 Å². The van der Waals surface area contributed by atoms with E-state index in [-0.39, 0.29) is 11.7 Å². The molecular formula is C25H23BrClFN4O. The molecule has 0 radical (unpaired) electrons. The van der Waals surface area contributed by atoms with Crippen LogP contribution < -0.4 is 4.90 Å². The number of hydrogen-bond acceptors (Lipinski definition) is 5. The number of rotatable bonds is 6. The summed E-state index contributed by atoms with van der Waals surface area (Å²) in [5, 5.41) is 0.542. The molecule has 170 valence electrons. The Morgan fingerprint density at radius 1 is 1.15 bits per heavy atom. The van der Waals surface area contributed by atoms with Gasteiger partial charge in [-0.3, -0.25) is 4.98 Å². The van der Waals surface area contributed by atoms with Crippen LogP contribution in [0.2, 0.25) is 5.02 Å². The van der Waals surface area contributed by atoms with Gasteiger partial charge >= 0.3 is 0 Å². The van der Waals surface area contributed by atoms with Gasteiger partial charge in [-0.25, -0.2) is 14.4 Å². The summed E-state index contributed by atoms with van der Waals surface area (Å²) in [5.74, 6) is 1.46. The summed E-state index contributed by atoms with van der Waals surface area (Å²) in [4.78, 5) is 15.6. The van der Waals surface area contributed by atoms with Gasteiger partial charge in [0, 0.05) is 30.1 Å². The average Bonchev–Trinajstić information content (AvgIpc) is 2.81. The smallest absolute Gasteiger partial charge is 0.133 e. The molecule has 1 aromatic carbocycles. The molecule has 0 atom stereocenters. The van der Waals surface area contributed by atoms with E-state index in [1.165, 1.54) is 12.1 Å². The summed E-state index contributed by atoms with van der Waals surface area (Å²) in [6, 6.07) is 10.1. The highest BCUT2D eigenvalue weighted by Crippen LogP contribution is 2.36. The van der Waals surface area contributed by atoms with E-state index in [1.807, 2.05) is 25.1 Å². The Morgan fingerprint density at radius 2 is 1.91 bits per heavy atom. The fourth-order valence-electron chi connectivity index (χ4n) is 3.39. The Morgan fingerprint density at radius 3 is 2.64 bits per heavy atom. The van der Waals surface area contributed by atoms with Gasteiger partial charge in [-0.15, -0.1) is 0 Å². The third-order valence-electron chi connectivity index (χ3n) is 5.22. The van der Waals surface area contributed by atoms with E-state index in [9.17, 15) is 4.39 Å². The molecule has 4 rings (SSSR count). The molecule has 33 heavy (non-hydrogen) atoms. The zero-order valence-electron chi connectivity index (χ0n) is 18.5. The molecular weight excluding hydrogens is 507 g/mol. The number of allylic oxidation sites excluding steroid dienone is 2. The van der Waals surface area contributed by atoms with Crippen molar-refractivity contribution in [3.63, 3.8) is 0 Å². The van der Waals surface area contributed by atoms with E-state index in [0.29, 0.717) is 18.2 Å². The Hall–Kier alpha value is -2.77. The van der Waals surface area contributed by atoms with Gasteiger partial charge < -0.3 is 9.64 Å². The molecule has 0 N–H and O–H groups in total. The monoisotopic (exact) mass is 528 g/mol. The fourth-order valence-corrected chi connectivity index (χ4v) is 4.08. The van der Waals surface area contributed by atoms with Crippen LogP contribution in [0.3, 0.4) is 0 Å². The molecule has 0 saturated carbocycles. The van der Waals surface area contributed by atoms with Crippen molar-refractivity contribution >= 4 is 33.2 Å². The zero-order chi connectivity index (χ0) is 23.5. The van der Waals surface area contributed by atoms with Gasteiger partial charge in [-0.2, -0.15) is 0 Å². The third-order valence-corrected chi connectivity index (χ3v) is 6.15. The molecule has 0 aliphatic carbocycles. The van der Waals surface area contributed by atoms with E-state index in [2.05, 4.69) is 49.6 Å². The Balaban J connectivity index is 1.56. The molecule has 8 heteroatoms. The van der Waals surface area contributed by atoms with Crippen LogP contribution in [-0.4, -0.2) is 21.5 Å². The van der Waals surface area contributed by atoms with Gasteiger partial charge in [0.2, 0.25) is 0 Å². The normalized spacial score (nSPS) is 14.0. The molecule has 0 amide bonds. The lowest BCUT2D eigenvalue weighted by molar-refractivity contribution is 0.208. The molecule has 1 aliphatic heterocycles. The van der Waals surface area contributed by atoms with E-state index >= 15 is 0 Å². The molecule has 0 spiro atoms. The lowest BCUT2D eigenvalue weighted by atomic mass is 10.1. The minimum absolute atomic E-state index is 0.221. The van der Waals surface area contributed by atoms with Gasteiger partial charge in [-0.05, 0) is 52.7 Å². The quantitative estimate of drug-likeness (QED) is 0.344. The summed E-state index contributed by atoms with van der Waals surface area (Å²) < 4.78 is 20.0. The second-order valence-corrected chi connectivity index (χ2v) is 9.40. The molecule has 2 aromatic heterocycles. The predicted octanol–water partition coefficient (Wildman–Crippen LogP) is 7.00. The van der Waals surface area contributed by atoms with Crippen molar-refractivity contribution in [1.82, 2.24) is 15.0 Å². The molecule has 5 nitrogen and oxygen atoms in total. The van der Waals surface area contributed by atoms with Crippen LogP contribution in [0.25, 0.3) is 11.4 Å². The highest BCUT2D eigenvalue weighted by atomic mass is 79.9. The highest BCUT2D eigenvalue weighted by Gasteiger charge is 2.22. The molecule has 0 bridgehead atoms. The van der Waals surface area contributed by atoms with Gasteiger partial charge in [0.1, 0.15) is 24.0 Å². The average molecular weight is 530 g/mol. The van der Waals surface area contributed by atoms with Crippen LogP contribution in [0, 0.1) is 5.82 Å². The fraction of sp³-hybridized carbons (Fsp3) is 0.240. The maximum atomic E-state index is 13.1. The zero-order valence-corrected chi connectivity index (χ0v) is 20.9. The van der Waals surface area contributed by atoms with E-state index < -0.39 is 0 Å².